The molecule has 38 heavy (non-hydrogen) atoms. The second kappa shape index (κ2) is 10.0. The smallest absolute Gasteiger partial charge is 0.319 e. The molecule has 3 N–H and O–H groups in total. The van der Waals surface area contributed by atoms with Crippen molar-refractivity contribution < 1.29 is 18.7 Å². The molecular formula is C27H29ClFN5O3Si. The molecule has 0 aliphatic carbocycles. The Morgan fingerprint density at radius 2 is 1.71 bits per heavy atom. The lowest BCUT2D eigenvalue weighted by atomic mass is 10.0. The van der Waals surface area contributed by atoms with E-state index in [0.29, 0.717) is 5.52 Å². The van der Waals surface area contributed by atoms with Gasteiger partial charge in [-0.1, -0.05) is 93.0 Å². The molecule has 1 saturated heterocycles. The van der Waals surface area contributed by atoms with Crippen molar-refractivity contribution >= 4 is 47.4 Å². The summed E-state index contributed by atoms with van der Waals surface area (Å²) in [5, 5.41) is 13.0. The van der Waals surface area contributed by atoms with Crippen LogP contribution in [0.1, 0.15) is 27.0 Å². The van der Waals surface area contributed by atoms with Gasteiger partial charge in [0, 0.05) is 0 Å². The number of fused-ring (bicyclic) bond motifs is 1. The Bertz CT molecular complexity index is 1420. The van der Waals surface area contributed by atoms with E-state index in [2.05, 4.69) is 60.0 Å². The summed E-state index contributed by atoms with van der Waals surface area (Å²) in [5.41, 5.74) is 6.35. The molecule has 1 aliphatic heterocycles. The molecule has 3 unspecified atom stereocenters. The Morgan fingerprint density at radius 3 is 2.26 bits per heavy atom. The van der Waals surface area contributed by atoms with Crippen molar-refractivity contribution in [2.45, 2.75) is 38.1 Å². The van der Waals surface area contributed by atoms with Gasteiger partial charge in [0.1, 0.15) is 36.6 Å². The Balaban J connectivity index is 1.58. The highest BCUT2D eigenvalue weighted by Crippen LogP contribution is 2.41. The maximum absolute atomic E-state index is 14.3. The van der Waals surface area contributed by atoms with Gasteiger partial charge in [-0.05, 0) is 15.4 Å². The summed E-state index contributed by atoms with van der Waals surface area (Å²) in [6, 6.07) is 20.1. The summed E-state index contributed by atoms with van der Waals surface area (Å²) >= 11 is 6.17. The van der Waals surface area contributed by atoms with Crippen LogP contribution in [-0.4, -0.2) is 45.7 Å². The number of alkyl halides is 1. The standard InChI is InChI=1S/C27H29ClFN5O3Si/c1-27(2,3)38(17-10-6-4-7-11-17,18-12-8-5-9-13-18)36-15-20-19(14-29)22(35)25(37-20)34-16-31-21-23(28)32-26(30)33-24(21)34/h4-13,15-16,19,22,25,35H,14H2,1-3H3,(H2,30,32,33). The molecule has 2 aromatic heterocycles. The first-order valence-electron chi connectivity index (χ1n) is 12.2. The number of nitrogen functional groups attached to an aromatic ring is 1. The summed E-state index contributed by atoms with van der Waals surface area (Å²) in [5.74, 6) is -0.803. The molecule has 5 rings (SSSR count). The Labute approximate surface area is 226 Å². The summed E-state index contributed by atoms with van der Waals surface area (Å²) in [6.07, 6.45) is 0.654. The Morgan fingerprint density at radius 1 is 1.11 bits per heavy atom. The van der Waals surface area contributed by atoms with Crippen LogP contribution in [0.2, 0.25) is 10.2 Å². The molecule has 3 heterocycles. The number of anilines is 1. The van der Waals surface area contributed by atoms with Crippen molar-refractivity contribution in [2.24, 2.45) is 5.92 Å². The second-order valence-electron chi connectivity index (χ2n) is 10.3. The lowest BCUT2D eigenvalue weighted by Crippen LogP contribution is -2.65. The number of imidazole rings is 1. The zero-order chi connectivity index (χ0) is 27.1. The van der Waals surface area contributed by atoms with Crippen LogP contribution in [0.25, 0.3) is 11.2 Å². The lowest BCUT2D eigenvalue weighted by molar-refractivity contribution is 0.00128. The van der Waals surface area contributed by atoms with Crippen LogP contribution >= 0.6 is 11.6 Å². The molecule has 0 spiro atoms. The van der Waals surface area contributed by atoms with Gasteiger partial charge in [-0.25, -0.2) is 4.98 Å². The quantitative estimate of drug-likeness (QED) is 0.211. The monoisotopic (exact) mass is 553 g/mol. The van der Waals surface area contributed by atoms with E-state index in [9.17, 15) is 9.50 Å². The van der Waals surface area contributed by atoms with Crippen LogP contribution < -0.4 is 16.1 Å². The van der Waals surface area contributed by atoms with Gasteiger partial charge in [-0.3, -0.25) is 8.96 Å². The largest absolute Gasteiger partial charge is 0.537 e. The van der Waals surface area contributed by atoms with E-state index in [0.717, 1.165) is 10.4 Å². The molecule has 1 fully saturated rings. The molecule has 2 aromatic carbocycles. The molecule has 198 valence electrons. The van der Waals surface area contributed by atoms with Gasteiger partial charge >= 0.3 is 8.32 Å². The first-order chi connectivity index (χ1) is 18.2. The molecule has 8 nitrogen and oxygen atoms in total. The summed E-state index contributed by atoms with van der Waals surface area (Å²) in [4.78, 5) is 12.3. The fraction of sp³-hybridized carbons (Fsp3) is 0.296. The molecule has 0 amide bonds. The van der Waals surface area contributed by atoms with Crippen molar-refractivity contribution in [3.63, 3.8) is 0 Å². The van der Waals surface area contributed by atoms with Gasteiger partial charge in [0.2, 0.25) is 12.2 Å². The maximum Gasteiger partial charge on any atom is 0.319 e. The van der Waals surface area contributed by atoms with Crippen LogP contribution in [0.5, 0.6) is 0 Å². The minimum absolute atomic E-state index is 0.0513. The SMILES string of the molecule is CC(C)(C)[Si](OC=C1OC(n2cnc3c(Cl)nc(N)nc32)C(O)C1CF)(c1ccccc1)c1ccccc1. The fourth-order valence-electron chi connectivity index (χ4n) is 5.09. The van der Waals surface area contributed by atoms with Crippen LogP contribution in [0.3, 0.4) is 0 Å². The number of benzene rings is 2. The van der Waals surface area contributed by atoms with Crippen molar-refractivity contribution in [3.8, 4) is 0 Å². The average Bonchev–Trinajstić information content (AvgIpc) is 3.45. The van der Waals surface area contributed by atoms with E-state index in [4.69, 9.17) is 26.5 Å². The zero-order valence-corrected chi connectivity index (χ0v) is 23.0. The number of hydrogen-bond donors (Lipinski definition) is 2. The van der Waals surface area contributed by atoms with Gasteiger partial charge in [-0.15, -0.1) is 0 Å². The Hall–Kier alpha value is -3.47. The molecule has 3 atom stereocenters. The summed E-state index contributed by atoms with van der Waals surface area (Å²) in [7, 11) is -2.96. The third-order valence-electron chi connectivity index (χ3n) is 6.93. The van der Waals surface area contributed by atoms with E-state index in [1.165, 1.54) is 17.2 Å². The zero-order valence-electron chi connectivity index (χ0n) is 21.3. The van der Waals surface area contributed by atoms with Crippen LogP contribution in [0, 0.1) is 5.92 Å². The molecule has 0 radical (unpaired) electrons. The first kappa shape index (κ1) is 26.1. The highest BCUT2D eigenvalue weighted by molar-refractivity contribution is 6.99. The van der Waals surface area contributed by atoms with Gasteiger partial charge in [0.25, 0.3) is 0 Å². The second-order valence-corrected chi connectivity index (χ2v) is 14.9. The van der Waals surface area contributed by atoms with Crippen molar-refractivity contribution in [3.05, 3.63) is 84.2 Å². The Kier molecular flexibility index (Phi) is 6.89. The molecule has 0 bridgehead atoms. The highest BCUT2D eigenvalue weighted by atomic mass is 35.5. The number of halogens is 2. The van der Waals surface area contributed by atoms with E-state index < -0.39 is 33.2 Å². The lowest BCUT2D eigenvalue weighted by Gasteiger charge is -2.42. The number of aliphatic hydroxyl groups excluding tert-OH is 1. The fourth-order valence-corrected chi connectivity index (χ4v) is 9.62. The van der Waals surface area contributed by atoms with Gasteiger partial charge in [0.15, 0.2) is 10.8 Å². The van der Waals surface area contributed by atoms with Gasteiger partial charge in [-0.2, -0.15) is 9.97 Å². The number of nitrogens with two attached hydrogens (primary N) is 1. The summed E-state index contributed by atoms with van der Waals surface area (Å²) in [6.45, 7) is 5.58. The average molecular weight is 554 g/mol. The maximum atomic E-state index is 14.3. The minimum atomic E-state index is -2.96. The van der Waals surface area contributed by atoms with Crippen LogP contribution in [0.4, 0.5) is 10.3 Å². The minimum Gasteiger partial charge on any atom is -0.537 e. The van der Waals surface area contributed by atoms with E-state index in [1.807, 2.05) is 36.4 Å². The predicted octanol–water partition coefficient (Wildman–Crippen LogP) is 3.96. The molecule has 4 aromatic rings. The van der Waals surface area contributed by atoms with Crippen molar-refractivity contribution in [1.82, 2.24) is 19.5 Å². The van der Waals surface area contributed by atoms with E-state index in [1.54, 1.807) is 0 Å². The molecule has 1 aliphatic rings. The third-order valence-corrected chi connectivity index (χ3v) is 12.1. The molecule has 11 heteroatoms. The highest BCUT2D eigenvalue weighted by Gasteiger charge is 2.52. The van der Waals surface area contributed by atoms with Gasteiger partial charge < -0.3 is 20.0 Å². The topological polar surface area (TPSA) is 108 Å². The van der Waals surface area contributed by atoms with Crippen molar-refractivity contribution in [2.75, 3.05) is 12.4 Å². The van der Waals surface area contributed by atoms with E-state index >= 15 is 0 Å². The third kappa shape index (κ3) is 4.32. The van der Waals surface area contributed by atoms with Gasteiger partial charge in [0.05, 0.1) is 5.92 Å². The number of aromatic nitrogens is 4. The predicted molar refractivity (Wildman–Crippen MR) is 147 cm³/mol. The first-order valence-corrected chi connectivity index (χ1v) is 14.5. The number of hydrogen-bond acceptors (Lipinski definition) is 7. The van der Waals surface area contributed by atoms with Crippen LogP contribution in [-0.2, 0) is 9.16 Å². The summed E-state index contributed by atoms with van der Waals surface area (Å²) < 4.78 is 28.8. The molecular weight excluding hydrogens is 525 g/mol. The molecule has 0 saturated carbocycles. The number of rotatable bonds is 6. The number of ether oxygens (including phenoxy) is 1. The van der Waals surface area contributed by atoms with Crippen LogP contribution in [0.15, 0.2) is 79.0 Å². The number of nitrogens with zero attached hydrogens (tertiary/aromatic N) is 4. The van der Waals surface area contributed by atoms with Crippen molar-refractivity contribution in [1.29, 1.82) is 0 Å². The normalized spacial score (nSPS) is 21.1. The number of aliphatic hydroxyl groups is 1. The van der Waals surface area contributed by atoms with E-state index in [-0.39, 0.29) is 27.5 Å².